The smallest absolute Gasteiger partial charge is 0.122 e. The first-order valence-electron chi connectivity index (χ1n) is 5.67. The number of aryl methyl sites for hydroxylation is 2. The van der Waals surface area contributed by atoms with Crippen LogP contribution in [0.4, 0.5) is 0 Å². The molecule has 2 nitrogen and oxygen atoms in total. The molecule has 1 aromatic carbocycles. The van der Waals surface area contributed by atoms with E-state index in [4.69, 9.17) is 10.5 Å². The van der Waals surface area contributed by atoms with Crippen molar-refractivity contribution in [2.75, 3.05) is 7.11 Å². The van der Waals surface area contributed by atoms with Crippen molar-refractivity contribution in [2.45, 2.75) is 19.9 Å². The second-order valence-electron chi connectivity index (χ2n) is 4.32. The monoisotopic (exact) mass is 325 g/mol. The van der Waals surface area contributed by atoms with Gasteiger partial charge in [-0.15, -0.1) is 11.3 Å². The van der Waals surface area contributed by atoms with Crippen molar-refractivity contribution in [3.8, 4) is 5.75 Å². The van der Waals surface area contributed by atoms with Crippen LogP contribution in [-0.2, 0) is 0 Å². The molecule has 0 radical (unpaired) electrons. The highest BCUT2D eigenvalue weighted by molar-refractivity contribution is 9.10. The molecule has 0 spiro atoms. The van der Waals surface area contributed by atoms with Gasteiger partial charge in [-0.25, -0.2) is 0 Å². The fourth-order valence-electron chi connectivity index (χ4n) is 2.01. The van der Waals surface area contributed by atoms with Crippen LogP contribution in [0.2, 0.25) is 0 Å². The van der Waals surface area contributed by atoms with Gasteiger partial charge in [0.1, 0.15) is 5.75 Å². The number of methoxy groups -OCH3 is 1. The summed E-state index contributed by atoms with van der Waals surface area (Å²) in [6.45, 7) is 4.11. The maximum Gasteiger partial charge on any atom is 0.122 e. The van der Waals surface area contributed by atoms with Crippen LogP contribution in [0.1, 0.15) is 27.6 Å². The molecule has 0 saturated heterocycles. The quantitative estimate of drug-likeness (QED) is 0.918. The van der Waals surface area contributed by atoms with E-state index >= 15 is 0 Å². The van der Waals surface area contributed by atoms with E-state index in [1.807, 2.05) is 13.0 Å². The number of thiophene rings is 1. The van der Waals surface area contributed by atoms with Crippen LogP contribution >= 0.6 is 27.3 Å². The van der Waals surface area contributed by atoms with Crippen LogP contribution in [-0.4, -0.2) is 7.11 Å². The summed E-state index contributed by atoms with van der Waals surface area (Å²) < 4.78 is 6.41. The van der Waals surface area contributed by atoms with Crippen LogP contribution in [0.25, 0.3) is 0 Å². The number of rotatable bonds is 3. The first-order valence-corrected chi connectivity index (χ1v) is 7.35. The Hall–Kier alpha value is -0.840. The van der Waals surface area contributed by atoms with E-state index in [-0.39, 0.29) is 6.04 Å². The summed E-state index contributed by atoms with van der Waals surface area (Å²) in [5.41, 5.74) is 9.77. The lowest BCUT2D eigenvalue weighted by Crippen LogP contribution is -2.12. The highest BCUT2D eigenvalue weighted by atomic mass is 79.9. The standard InChI is InChI=1S/C14H16BrNOS/c1-8-5-12(17-3)9(2)4-11(8)14(16)13-6-10(15)7-18-13/h4-7,14H,16H2,1-3H3. The molecule has 1 atom stereocenters. The molecule has 0 amide bonds. The molecule has 0 aliphatic carbocycles. The maximum atomic E-state index is 6.34. The fraction of sp³-hybridized carbons (Fsp3) is 0.286. The van der Waals surface area contributed by atoms with Crippen LogP contribution in [0.15, 0.2) is 28.1 Å². The summed E-state index contributed by atoms with van der Waals surface area (Å²) in [5, 5.41) is 2.06. The summed E-state index contributed by atoms with van der Waals surface area (Å²) in [7, 11) is 1.69. The van der Waals surface area contributed by atoms with Gasteiger partial charge in [0.25, 0.3) is 0 Å². The van der Waals surface area contributed by atoms with Gasteiger partial charge in [-0.3, -0.25) is 0 Å². The molecule has 2 aromatic rings. The maximum absolute atomic E-state index is 6.34. The third kappa shape index (κ3) is 2.60. The van der Waals surface area contributed by atoms with Crippen LogP contribution < -0.4 is 10.5 Å². The summed E-state index contributed by atoms with van der Waals surface area (Å²) >= 11 is 5.14. The average molecular weight is 326 g/mol. The molecular formula is C14H16BrNOS. The second-order valence-corrected chi connectivity index (χ2v) is 6.18. The predicted octanol–water partition coefficient (Wildman–Crippen LogP) is 4.18. The van der Waals surface area contributed by atoms with E-state index in [1.54, 1.807) is 18.4 Å². The van der Waals surface area contributed by atoms with Gasteiger partial charge in [-0.2, -0.15) is 0 Å². The van der Waals surface area contributed by atoms with Gasteiger partial charge in [0, 0.05) is 14.7 Å². The molecule has 1 heterocycles. The summed E-state index contributed by atoms with van der Waals surface area (Å²) in [5.74, 6) is 0.913. The summed E-state index contributed by atoms with van der Waals surface area (Å²) in [4.78, 5) is 1.16. The third-order valence-electron chi connectivity index (χ3n) is 3.01. The Morgan fingerprint density at radius 2 is 1.94 bits per heavy atom. The number of hydrogen-bond donors (Lipinski definition) is 1. The van der Waals surface area contributed by atoms with E-state index in [0.29, 0.717) is 0 Å². The minimum Gasteiger partial charge on any atom is -0.496 e. The Kier molecular flexibility index (Phi) is 4.10. The van der Waals surface area contributed by atoms with E-state index in [9.17, 15) is 0 Å². The van der Waals surface area contributed by atoms with E-state index < -0.39 is 0 Å². The number of halogens is 1. The van der Waals surface area contributed by atoms with Gasteiger partial charge in [-0.05, 0) is 58.6 Å². The van der Waals surface area contributed by atoms with Crippen molar-refractivity contribution < 1.29 is 4.74 Å². The van der Waals surface area contributed by atoms with E-state index in [1.165, 1.54) is 0 Å². The Morgan fingerprint density at radius 3 is 2.50 bits per heavy atom. The molecule has 0 bridgehead atoms. The second kappa shape index (κ2) is 5.43. The number of ether oxygens (including phenoxy) is 1. The number of nitrogens with two attached hydrogens (primary N) is 1. The minimum absolute atomic E-state index is 0.0779. The first-order chi connectivity index (χ1) is 8.52. The van der Waals surface area contributed by atoms with Gasteiger partial charge in [0.2, 0.25) is 0 Å². The average Bonchev–Trinajstić information content (AvgIpc) is 2.77. The molecule has 2 rings (SSSR count). The largest absolute Gasteiger partial charge is 0.496 e. The zero-order valence-corrected chi connectivity index (χ0v) is 13.1. The van der Waals surface area contributed by atoms with Gasteiger partial charge >= 0.3 is 0 Å². The molecule has 0 aliphatic rings. The molecule has 2 N–H and O–H groups in total. The van der Waals surface area contributed by atoms with Crippen molar-refractivity contribution in [3.63, 3.8) is 0 Å². The molecule has 4 heteroatoms. The Bertz CT molecular complexity index is 565. The van der Waals surface area contributed by atoms with Crippen molar-refractivity contribution in [3.05, 3.63) is 49.6 Å². The lowest BCUT2D eigenvalue weighted by atomic mass is 9.98. The van der Waals surface area contributed by atoms with E-state index in [2.05, 4.69) is 40.4 Å². The SMILES string of the molecule is COc1cc(C)c(C(N)c2cc(Br)cs2)cc1C. The van der Waals surface area contributed by atoms with Crippen molar-refractivity contribution in [2.24, 2.45) is 5.73 Å². The lowest BCUT2D eigenvalue weighted by Gasteiger charge is -2.16. The predicted molar refractivity (Wildman–Crippen MR) is 80.5 cm³/mol. The zero-order chi connectivity index (χ0) is 13.3. The van der Waals surface area contributed by atoms with Crippen molar-refractivity contribution in [1.29, 1.82) is 0 Å². The normalized spacial score (nSPS) is 12.5. The molecule has 1 aromatic heterocycles. The highest BCUT2D eigenvalue weighted by Gasteiger charge is 2.15. The van der Waals surface area contributed by atoms with Crippen molar-refractivity contribution >= 4 is 27.3 Å². The third-order valence-corrected chi connectivity index (χ3v) is 4.79. The number of benzene rings is 1. The summed E-state index contributed by atoms with van der Waals surface area (Å²) in [6, 6.07) is 6.17. The highest BCUT2D eigenvalue weighted by Crippen LogP contribution is 2.32. The molecule has 0 fully saturated rings. The summed E-state index contributed by atoms with van der Waals surface area (Å²) in [6.07, 6.45) is 0. The lowest BCUT2D eigenvalue weighted by molar-refractivity contribution is 0.411. The first kappa shape index (κ1) is 13.6. The molecule has 18 heavy (non-hydrogen) atoms. The Balaban J connectivity index is 2.42. The van der Waals surface area contributed by atoms with Gasteiger partial charge in [0.15, 0.2) is 0 Å². The zero-order valence-electron chi connectivity index (χ0n) is 10.7. The molecule has 1 unspecified atom stereocenters. The Labute approximate surface area is 120 Å². The van der Waals surface area contributed by atoms with Gasteiger partial charge in [-0.1, -0.05) is 6.07 Å². The van der Waals surface area contributed by atoms with Crippen LogP contribution in [0, 0.1) is 13.8 Å². The molecular weight excluding hydrogens is 310 g/mol. The van der Waals surface area contributed by atoms with Gasteiger partial charge < -0.3 is 10.5 Å². The van der Waals surface area contributed by atoms with Crippen LogP contribution in [0.5, 0.6) is 5.75 Å². The Morgan fingerprint density at radius 1 is 1.22 bits per heavy atom. The minimum atomic E-state index is -0.0779. The molecule has 0 aliphatic heterocycles. The van der Waals surface area contributed by atoms with Crippen molar-refractivity contribution in [1.82, 2.24) is 0 Å². The van der Waals surface area contributed by atoms with E-state index in [0.717, 1.165) is 31.8 Å². The fourth-order valence-corrected chi connectivity index (χ4v) is 3.48. The topological polar surface area (TPSA) is 35.2 Å². The van der Waals surface area contributed by atoms with Crippen LogP contribution in [0.3, 0.4) is 0 Å². The number of hydrogen-bond acceptors (Lipinski definition) is 3. The molecule has 0 saturated carbocycles. The molecule has 96 valence electrons. The van der Waals surface area contributed by atoms with Gasteiger partial charge in [0.05, 0.1) is 13.2 Å².